The first-order chi connectivity index (χ1) is 7.65. The summed E-state index contributed by atoms with van der Waals surface area (Å²) in [7, 11) is 0. The third-order valence-corrected chi connectivity index (χ3v) is 3.22. The van der Waals surface area contributed by atoms with Crippen molar-refractivity contribution in [2.75, 3.05) is 0 Å². The standard InChI is InChI=1S/C10H9N3OS2/c1-6-2-4-7(5-3-6)12-13-9-8(14)11-10(15)16-9/h2-5,9H,1H3,(H,11,14,15). The van der Waals surface area contributed by atoms with Gasteiger partial charge in [0.25, 0.3) is 5.91 Å². The van der Waals surface area contributed by atoms with Crippen LogP contribution in [0.1, 0.15) is 5.56 Å². The molecule has 1 heterocycles. The topological polar surface area (TPSA) is 53.8 Å². The molecule has 0 aromatic heterocycles. The smallest absolute Gasteiger partial charge is 0.262 e. The van der Waals surface area contributed by atoms with Crippen LogP contribution in [0.4, 0.5) is 5.69 Å². The largest absolute Gasteiger partial charge is 0.309 e. The highest BCUT2D eigenvalue weighted by Gasteiger charge is 2.28. The van der Waals surface area contributed by atoms with Gasteiger partial charge in [0.15, 0.2) is 0 Å². The van der Waals surface area contributed by atoms with E-state index < -0.39 is 5.37 Å². The summed E-state index contributed by atoms with van der Waals surface area (Å²) >= 11 is 6.06. The van der Waals surface area contributed by atoms with Gasteiger partial charge in [-0.2, -0.15) is 10.2 Å². The Bertz CT molecular complexity index is 456. The van der Waals surface area contributed by atoms with Crippen LogP contribution >= 0.6 is 24.0 Å². The normalized spacial score (nSPS) is 20.4. The van der Waals surface area contributed by atoms with Gasteiger partial charge < -0.3 is 5.32 Å². The van der Waals surface area contributed by atoms with Gasteiger partial charge in [-0.15, -0.1) is 0 Å². The van der Waals surface area contributed by atoms with Crippen molar-refractivity contribution in [2.45, 2.75) is 12.3 Å². The lowest BCUT2D eigenvalue weighted by atomic mass is 10.2. The molecule has 82 valence electrons. The van der Waals surface area contributed by atoms with Gasteiger partial charge in [0.05, 0.1) is 5.69 Å². The van der Waals surface area contributed by atoms with E-state index in [0.29, 0.717) is 4.32 Å². The number of hydrogen-bond acceptors (Lipinski definition) is 5. The molecule has 1 N–H and O–H groups in total. The van der Waals surface area contributed by atoms with Gasteiger partial charge in [0.1, 0.15) is 4.32 Å². The van der Waals surface area contributed by atoms with Crippen molar-refractivity contribution in [3.05, 3.63) is 29.8 Å². The molecule has 1 aromatic carbocycles. The lowest BCUT2D eigenvalue weighted by molar-refractivity contribution is -0.118. The fourth-order valence-electron chi connectivity index (χ4n) is 1.15. The fourth-order valence-corrected chi connectivity index (χ4v) is 2.15. The van der Waals surface area contributed by atoms with Crippen LogP contribution < -0.4 is 5.32 Å². The van der Waals surface area contributed by atoms with Crippen LogP contribution in [0.2, 0.25) is 0 Å². The number of benzene rings is 1. The SMILES string of the molecule is Cc1ccc(N=NC2SC(=S)NC2=O)cc1. The molecule has 4 nitrogen and oxygen atoms in total. The minimum atomic E-state index is -0.547. The molecule has 0 aliphatic carbocycles. The van der Waals surface area contributed by atoms with Crippen molar-refractivity contribution >= 4 is 39.9 Å². The molecule has 1 atom stereocenters. The lowest BCUT2D eigenvalue weighted by Gasteiger charge is -1.96. The summed E-state index contributed by atoms with van der Waals surface area (Å²) < 4.78 is 0.456. The number of rotatable bonds is 2. The van der Waals surface area contributed by atoms with Gasteiger partial charge in [-0.25, -0.2) is 0 Å². The molecule has 2 rings (SSSR count). The van der Waals surface area contributed by atoms with Crippen molar-refractivity contribution < 1.29 is 4.79 Å². The van der Waals surface area contributed by atoms with Gasteiger partial charge in [-0.3, -0.25) is 4.79 Å². The molecular weight excluding hydrogens is 242 g/mol. The highest BCUT2D eigenvalue weighted by Crippen LogP contribution is 2.22. The molecule has 0 bridgehead atoms. The maximum absolute atomic E-state index is 11.3. The Labute approximate surface area is 103 Å². The Balaban J connectivity index is 2.07. The Morgan fingerprint density at radius 2 is 2.06 bits per heavy atom. The Kier molecular flexibility index (Phi) is 3.31. The number of nitrogens with one attached hydrogen (secondary N) is 1. The van der Waals surface area contributed by atoms with E-state index in [-0.39, 0.29) is 5.91 Å². The van der Waals surface area contributed by atoms with E-state index in [1.54, 1.807) is 0 Å². The predicted molar refractivity (Wildman–Crippen MR) is 67.8 cm³/mol. The van der Waals surface area contributed by atoms with Crippen molar-refractivity contribution in [1.29, 1.82) is 0 Å². The van der Waals surface area contributed by atoms with E-state index >= 15 is 0 Å². The second-order valence-electron chi connectivity index (χ2n) is 3.30. The number of carbonyl (C=O) groups is 1. The molecule has 1 unspecified atom stereocenters. The summed E-state index contributed by atoms with van der Waals surface area (Å²) in [5, 5.41) is 9.91. The third-order valence-electron chi connectivity index (χ3n) is 1.98. The first kappa shape index (κ1) is 11.2. The molecule has 1 aliphatic heterocycles. The molecule has 1 saturated heterocycles. The van der Waals surface area contributed by atoms with E-state index in [0.717, 1.165) is 11.3 Å². The number of hydrogen-bond donors (Lipinski definition) is 1. The van der Waals surface area contributed by atoms with Crippen LogP contribution in [0.15, 0.2) is 34.5 Å². The summed E-state index contributed by atoms with van der Waals surface area (Å²) in [6.45, 7) is 2.00. The van der Waals surface area contributed by atoms with Gasteiger partial charge in [-0.05, 0) is 19.1 Å². The van der Waals surface area contributed by atoms with Gasteiger partial charge in [-0.1, -0.05) is 41.7 Å². The lowest BCUT2D eigenvalue weighted by Crippen LogP contribution is -2.22. The molecule has 1 aliphatic rings. The number of aryl methyl sites for hydroxylation is 1. The van der Waals surface area contributed by atoms with Gasteiger partial charge in [0.2, 0.25) is 5.37 Å². The molecule has 0 spiro atoms. The summed E-state index contributed by atoms with van der Waals surface area (Å²) in [6.07, 6.45) is 0. The second-order valence-corrected chi connectivity index (χ2v) is 5.06. The highest BCUT2D eigenvalue weighted by molar-refractivity contribution is 8.24. The van der Waals surface area contributed by atoms with Crippen LogP contribution in [0, 0.1) is 6.92 Å². The maximum atomic E-state index is 11.3. The molecule has 0 radical (unpaired) electrons. The van der Waals surface area contributed by atoms with E-state index in [1.807, 2.05) is 31.2 Å². The van der Waals surface area contributed by atoms with E-state index in [1.165, 1.54) is 11.8 Å². The van der Waals surface area contributed by atoms with E-state index in [4.69, 9.17) is 12.2 Å². The molecule has 1 fully saturated rings. The third kappa shape index (κ3) is 2.65. The van der Waals surface area contributed by atoms with Crippen LogP contribution in [0.25, 0.3) is 0 Å². The molecule has 1 aromatic rings. The average Bonchev–Trinajstić information content (AvgIpc) is 2.57. The molecule has 1 amide bonds. The number of amides is 1. The summed E-state index contributed by atoms with van der Waals surface area (Å²) in [6, 6.07) is 7.60. The Morgan fingerprint density at radius 1 is 1.38 bits per heavy atom. The quantitative estimate of drug-likeness (QED) is 0.649. The summed E-state index contributed by atoms with van der Waals surface area (Å²) in [5.41, 5.74) is 1.89. The number of nitrogens with zero attached hydrogens (tertiary/aromatic N) is 2. The van der Waals surface area contributed by atoms with Crippen molar-refractivity contribution in [3.8, 4) is 0 Å². The van der Waals surface area contributed by atoms with Crippen LogP contribution in [0.5, 0.6) is 0 Å². The first-order valence-electron chi connectivity index (χ1n) is 4.64. The molecule has 0 saturated carbocycles. The van der Waals surface area contributed by atoms with Crippen LogP contribution in [0.3, 0.4) is 0 Å². The first-order valence-corrected chi connectivity index (χ1v) is 5.93. The molecule has 16 heavy (non-hydrogen) atoms. The van der Waals surface area contributed by atoms with Crippen molar-refractivity contribution in [3.63, 3.8) is 0 Å². The zero-order valence-electron chi connectivity index (χ0n) is 8.51. The highest BCUT2D eigenvalue weighted by atomic mass is 32.2. The van der Waals surface area contributed by atoms with Crippen LogP contribution in [-0.4, -0.2) is 15.6 Å². The number of azo groups is 1. The minimum Gasteiger partial charge on any atom is -0.309 e. The molecule has 6 heteroatoms. The van der Waals surface area contributed by atoms with Crippen molar-refractivity contribution in [1.82, 2.24) is 5.32 Å². The number of carbonyl (C=O) groups excluding carboxylic acids is 1. The number of thiocarbonyl (C=S) groups is 1. The van der Waals surface area contributed by atoms with Crippen molar-refractivity contribution in [2.24, 2.45) is 10.2 Å². The second kappa shape index (κ2) is 4.71. The van der Waals surface area contributed by atoms with Gasteiger partial charge >= 0.3 is 0 Å². The maximum Gasteiger partial charge on any atom is 0.262 e. The van der Waals surface area contributed by atoms with E-state index in [9.17, 15) is 4.79 Å². The average molecular weight is 251 g/mol. The fraction of sp³-hybridized carbons (Fsp3) is 0.200. The van der Waals surface area contributed by atoms with Crippen LogP contribution in [-0.2, 0) is 4.79 Å². The van der Waals surface area contributed by atoms with Gasteiger partial charge in [0, 0.05) is 0 Å². The monoisotopic (exact) mass is 251 g/mol. The summed E-state index contributed by atoms with van der Waals surface area (Å²) in [5.74, 6) is -0.203. The van der Waals surface area contributed by atoms with E-state index in [2.05, 4.69) is 15.5 Å². The zero-order valence-corrected chi connectivity index (χ0v) is 10.1. The zero-order chi connectivity index (χ0) is 11.5. The predicted octanol–water partition coefficient (Wildman–Crippen LogP) is 2.55. The Hall–Kier alpha value is -1.27. The Morgan fingerprint density at radius 3 is 2.62 bits per heavy atom. The minimum absolute atomic E-state index is 0.203. The molecular formula is C10H9N3OS2. The summed E-state index contributed by atoms with van der Waals surface area (Å²) in [4.78, 5) is 11.3. The number of thioether (sulfide) groups is 1.